The second-order valence-corrected chi connectivity index (χ2v) is 5.66. The normalized spacial score (nSPS) is 10.2. The smallest absolute Gasteiger partial charge is 0.255 e. The summed E-state index contributed by atoms with van der Waals surface area (Å²) in [5, 5.41) is 2.86. The van der Waals surface area contributed by atoms with Crippen molar-refractivity contribution < 1.29 is 23.7 Å². The Hall–Kier alpha value is -2.89. The lowest BCUT2D eigenvalue weighted by atomic mass is 10.1. The molecule has 0 aliphatic rings. The maximum absolute atomic E-state index is 12.4. The van der Waals surface area contributed by atoms with E-state index in [4.69, 9.17) is 18.9 Å². The molecule has 0 bridgehead atoms. The van der Waals surface area contributed by atoms with E-state index >= 15 is 0 Å². The van der Waals surface area contributed by atoms with Crippen LogP contribution in [0.3, 0.4) is 0 Å². The summed E-state index contributed by atoms with van der Waals surface area (Å²) < 4.78 is 21.5. The zero-order valence-corrected chi connectivity index (χ0v) is 15.6. The van der Waals surface area contributed by atoms with Crippen molar-refractivity contribution in [2.24, 2.45) is 0 Å². The Morgan fingerprint density at radius 3 is 2.42 bits per heavy atom. The minimum atomic E-state index is -0.238. The Kier molecular flexibility index (Phi) is 7.14. The summed E-state index contributed by atoms with van der Waals surface area (Å²) in [6.07, 6.45) is 0.690. The lowest BCUT2D eigenvalue weighted by Crippen LogP contribution is -2.26. The Bertz CT molecular complexity index is 745. The van der Waals surface area contributed by atoms with Gasteiger partial charge in [-0.3, -0.25) is 4.79 Å². The second-order valence-electron chi connectivity index (χ2n) is 5.66. The lowest BCUT2D eigenvalue weighted by Gasteiger charge is -2.15. The molecule has 0 radical (unpaired) electrons. The van der Waals surface area contributed by atoms with Crippen LogP contribution in [0.15, 0.2) is 36.4 Å². The summed E-state index contributed by atoms with van der Waals surface area (Å²) in [7, 11) is 4.53. The molecular formula is C20H25NO5. The Morgan fingerprint density at radius 2 is 1.77 bits per heavy atom. The molecule has 2 rings (SSSR count). The Morgan fingerprint density at radius 1 is 1.00 bits per heavy atom. The number of rotatable bonds is 9. The highest BCUT2D eigenvalue weighted by molar-refractivity contribution is 5.98. The predicted molar refractivity (Wildman–Crippen MR) is 99.7 cm³/mol. The van der Waals surface area contributed by atoms with Crippen LogP contribution in [0.2, 0.25) is 0 Å². The fraction of sp³-hybridized carbons (Fsp3) is 0.350. The maximum Gasteiger partial charge on any atom is 0.255 e. The van der Waals surface area contributed by atoms with Crippen LogP contribution >= 0.6 is 0 Å². The number of benzene rings is 2. The highest BCUT2D eigenvalue weighted by atomic mass is 16.5. The highest BCUT2D eigenvalue weighted by Crippen LogP contribution is 2.39. The van der Waals surface area contributed by atoms with Gasteiger partial charge in [0.15, 0.2) is 11.5 Å². The van der Waals surface area contributed by atoms with E-state index in [1.807, 2.05) is 31.2 Å². The molecule has 1 N–H and O–H groups in total. The third kappa shape index (κ3) is 4.81. The molecular weight excluding hydrogens is 334 g/mol. The summed E-state index contributed by atoms with van der Waals surface area (Å²) >= 11 is 0. The van der Waals surface area contributed by atoms with Crippen molar-refractivity contribution in [3.8, 4) is 23.0 Å². The molecule has 0 aromatic heterocycles. The highest BCUT2D eigenvalue weighted by Gasteiger charge is 2.20. The standard InChI is InChI=1S/C20H25NO5/c1-14-7-5-8-15(13-14)26-12-6-11-21-20(22)16-9-10-17(23-2)19(25-4)18(16)24-3/h5,7-10,13H,6,11-12H2,1-4H3,(H,21,22). The summed E-state index contributed by atoms with van der Waals surface area (Å²) in [5.41, 5.74) is 1.54. The molecule has 140 valence electrons. The van der Waals surface area contributed by atoms with Crippen LogP contribution in [0.4, 0.5) is 0 Å². The third-order valence-corrected chi connectivity index (χ3v) is 3.81. The molecule has 2 aromatic rings. The molecule has 26 heavy (non-hydrogen) atoms. The Labute approximate surface area is 154 Å². The van der Waals surface area contributed by atoms with E-state index in [0.29, 0.717) is 42.4 Å². The third-order valence-electron chi connectivity index (χ3n) is 3.81. The van der Waals surface area contributed by atoms with Crippen molar-refractivity contribution in [1.29, 1.82) is 0 Å². The first-order valence-electron chi connectivity index (χ1n) is 8.37. The zero-order valence-electron chi connectivity index (χ0n) is 15.6. The van der Waals surface area contributed by atoms with Crippen molar-refractivity contribution >= 4 is 5.91 Å². The largest absolute Gasteiger partial charge is 0.494 e. The van der Waals surface area contributed by atoms with Gasteiger partial charge in [0.05, 0.1) is 33.5 Å². The molecule has 6 heteroatoms. The Balaban J connectivity index is 1.89. The predicted octanol–water partition coefficient (Wildman–Crippen LogP) is 3.22. The average molecular weight is 359 g/mol. The van der Waals surface area contributed by atoms with Gasteiger partial charge in [-0.1, -0.05) is 12.1 Å². The van der Waals surface area contributed by atoms with Gasteiger partial charge >= 0.3 is 0 Å². The minimum Gasteiger partial charge on any atom is -0.494 e. The fourth-order valence-electron chi connectivity index (χ4n) is 2.54. The minimum absolute atomic E-state index is 0.238. The van der Waals surface area contributed by atoms with E-state index in [1.54, 1.807) is 12.1 Å². The van der Waals surface area contributed by atoms with Gasteiger partial charge in [0.1, 0.15) is 5.75 Å². The molecule has 0 heterocycles. The van der Waals surface area contributed by atoms with Gasteiger partial charge < -0.3 is 24.3 Å². The van der Waals surface area contributed by atoms with Crippen LogP contribution in [-0.2, 0) is 0 Å². The van der Waals surface area contributed by atoms with Crippen molar-refractivity contribution in [2.75, 3.05) is 34.5 Å². The van der Waals surface area contributed by atoms with E-state index in [-0.39, 0.29) is 5.91 Å². The molecule has 0 unspecified atom stereocenters. The number of carbonyl (C=O) groups excluding carboxylic acids is 1. The second kappa shape index (κ2) is 9.56. The van der Waals surface area contributed by atoms with Crippen LogP contribution in [0, 0.1) is 6.92 Å². The van der Waals surface area contributed by atoms with Crippen LogP contribution in [0.5, 0.6) is 23.0 Å². The van der Waals surface area contributed by atoms with Crippen LogP contribution in [0.1, 0.15) is 22.3 Å². The lowest BCUT2D eigenvalue weighted by molar-refractivity contribution is 0.0947. The number of carbonyl (C=O) groups is 1. The zero-order chi connectivity index (χ0) is 18.9. The summed E-state index contributed by atoms with van der Waals surface area (Å²) in [5.74, 6) is 1.84. The molecule has 0 fully saturated rings. The number of amides is 1. The van der Waals surface area contributed by atoms with Gasteiger partial charge in [0, 0.05) is 6.54 Å². The molecule has 6 nitrogen and oxygen atoms in total. The maximum atomic E-state index is 12.4. The number of aryl methyl sites for hydroxylation is 1. The molecule has 0 saturated heterocycles. The SMILES string of the molecule is COc1ccc(C(=O)NCCCOc2cccc(C)c2)c(OC)c1OC. The monoisotopic (exact) mass is 359 g/mol. The van der Waals surface area contributed by atoms with Crippen molar-refractivity contribution in [2.45, 2.75) is 13.3 Å². The van der Waals surface area contributed by atoms with Gasteiger partial charge in [-0.15, -0.1) is 0 Å². The van der Waals surface area contributed by atoms with Crippen LogP contribution in [0.25, 0.3) is 0 Å². The van der Waals surface area contributed by atoms with Gasteiger partial charge in [0.2, 0.25) is 5.75 Å². The molecule has 0 spiro atoms. The first kappa shape index (κ1) is 19.4. The summed E-state index contributed by atoms with van der Waals surface area (Å²) in [6.45, 7) is 3.03. The average Bonchev–Trinajstić information content (AvgIpc) is 2.66. The van der Waals surface area contributed by atoms with Gasteiger partial charge in [0.25, 0.3) is 5.91 Å². The number of hydrogen-bond acceptors (Lipinski definition) is 5. The van der Waals surface area contributed by atoms with E-state index in [2.05, 4.69) is 5.32 Å². The molecule has 1 amide bonds. The molecule has 2 aromatic carbocycles. The van der Waals surface area contributed by atoms with Gasteiger partial charge in [-0.2, -0.15) is 0 Å². The van der Waals surface area contributed by atoms with Crippen molar-refractivity contribution in [3.63, 3.8) is 0 Å². The molecule has 0 aliphatic carbocycles. The summed E-state index contributed by atoms with van der Waals surface area (Å²) in [4.78, 5) is 12.4. The van der Waals surface area contributed by atoms with Gasteiger partial charge in [-0.05, 0) is 43.2 Å². The van der Waals surface area contributed by atoms with Crippen LogP contribution < -0.4 is 24.3 Å². The van der Waals surface area contributed by atoms with Gasteiger partial charge in [-0.25, -0.2) is 0 Å². The first-order valence-corrected chi connectivity index (χ1v) is 8.37. The van der Waals surface area contributed by atoms with E-state index in [1.165, 1.54) is 21.3 Å². The van der Waals surface area contributed by atoms with E-state index in [0.717, 1.165) is 11.3 Å². The van der Waals surface area contributed by atoms with E-state index in [9.17, 15) is 4.79 Å². The number of hydrogen-bond donors (Lipinski definition) is 1. The molecule has 0 saturated carbocycles. The first-order chi connectivity index (χ1) is 12.6. The van der Waals surface area contributed by atoms with Crippen molar-refractivity contribution in [3.05, 3.63) is 47.5 Å². The van der Waals surface area contributed by atoms with Crippen molar-refractivity contribution in [1.82, 2.24) is 5.32 Å². The number of ether oxygens (including phenoxy) is 4. The molecule has 0 atom stereocenters. The topological polar surface area (TPSA) is 66.0 Å². The number of methoxy groups -OCH3 is 3. The van der Waals surface area contributed by atoms with E-state index < -0.39 is 0 Å². The van der Waals surface area contributed by atoms with Crippen LogP contribution in [-0.4, -0.2) is 40.4 Å². The molecule has 0 aliphatic heterocycles. The number of nitrogens with one attached hydrogen (secondary N) is 1. The fourth-order valence-corrected chi connectivity index (χ4v) is 2.54. The summed E-state index contributed by atoms with van der Waals surface area (Å²) in [6, 6.07) is 11.2. The quantitative estimate of drug-likeness (QED) is 0.697.